The maximum absolute atomic E-state index is 12.2. The lowest BCUT2D eigenvalue weighted by molar-refractivity contribution is -0.119. The van der Waals surface area contributed by atoms with Gasteiger partial charge in [-0.05, 0) is 29.9 Å². The highest BCUT2D eigenvalue weighted by molar-refractivity contribution is 6.47. The number of hydrogen-bond donors (Lipinski definition) is 1. The van der Waals surface area contributed by atoms with Crippen molar-refractivity contribution in [2.24, 2.45) is 9.98 Å². The summed E-state index contributed by atoms with van der Waals surface area (Å²) in [6.07, 6.45) is 6.93. The first kappa shape index (κ1) is 17.7. The number of nitrogens with zero attached hydrogens (tertiary/aromatic N) is 2. The predicted octanol–water partition coefficient (Wildman–Crippen LogP) is 4.63. The fourth-order valence-corrected chi connectivity index (χ4v) is 4.02. The van der Waals surface area contributed by atoms with Gasteiger partial charge in [0.1, 0.15) is 11.8 Å². The third-order valence-electron chi connectivity index (χ3n) is 5.53. The van der Waals surface area contributed by atoms with E-state index in [4.69, 9.17) is 0 Å². The Morgan fingerprint density at radius 2 is 1.63 bits per heavy atom. The SMILES string of the molecule is O=C1N=C(O)C(c2ccc(C3CCCCC3)cc2)=NC1Cc1ccccc1. The van der Waals surface area contributed by atoms with Crippen LogP contribution >= 0.6 is 0 Å². The minimum atomic E-state index is -0.587. The summed E-state index contributed by atoms with van der Waals surface area (Å²) in [4.78, 5) is 20.6. The van der Waals surface area contributed by atoms with Crippen molar-refractivity contribution in [2.75, 3.05) is 0 Å². The number of benzene rings is 2. The van der Waals surface area contributed by atoms with Gasteiger partial charge in [-0.2, -0.15) is 4.99 Å². The zero-order valence-corrected chi connectivity index (χ0v) is 15.3. The van der Waals surface area contributed by atoms with Crippen LogP contribution in [-0.2, 0) is 11.2 Å². The molecule has 4 rings (SSSR count). The molecule has 0 spiro atoms. The first-order valence-electron chi connectivity index (χ1n) is 9.74. The molecule has 2 aromatic carbocycles. The van der Waals surface area contributed by atoms with Gasteiger partial charge in [-0.1, -0.05) is 73.9 Å². The molecule has 1 N–H and O–H groups in total. The molecule has 0 bridgehead atoms. The van der Waals surface area contributed by atoms with E-state index in [9.17, 15) is 9.90 Å². The lowest BCUT2D eigenvalue weighted by Crippen LogP contribution is -2.31. The van der Waals surface area contributed by atoms with Crippen LogP contribution < -0.4 is 0 Å². The van der Waals surface area contributed by atoms with E-state index < -0.39 is 6.04 Å². The average molecular weight is 360 g/mol. The molecule has 1 unspecified atom stereocenters. The molecule has 1 fully saturated rings. The number of aliphatic hydroxyl groups is 1. The molecule has 1 aliphatic heterocycles. The Hall–Kier alpha value is -2.75. The van der Waals surface area contributed by atoms with Gasteiger partial charge < -0.3 is 5.11 Å². The van der Waals surface area contributed by atoms with Crippen molar-refractivity contribution in [1.29, 1.82) is 0 Å². The number of aliphatic imine (C=N–C) groups is 2. The second-order valence-corrected chi connectivity index (χ2v) is 7.41. The Kier molecular flexibility index (Phi) is 5.14. The van der Waals surface area contributed by atoms with Gasteiger partial charge in [-0.15, -0.1) is 0 Å². The van der Waals surface area contributed by atoms with Crippen molar-refractivity contribution < 1.29 is 9.90 Å². The van der Waals surface area contributed by atoms with Crippen LogP contribution in [-0.4, -0.2) is 28.7 Å². The fraction of sp³-hybridized carbons (Fsp3) is 0.348. The maximum atomic E-state index is 12.2. The summed E-state index contributed by atoms with van der Waals surface area (Å²) in [6, 6.07) is 17.4. The van der Waals surface area contributed by atoms with Crippen LogP contribution in [0.15, 0.2) is 64.6 Å². The highest BCUT2D eigenvalue weighted by Crippen LogP contribution is 2.32. The maximum Gasteiger partial charge on any atom is 0.274 e. The Balaban J connectivity index is 1.56. The van der Waals surface area contributed by atoms with Gasteiger partial charge in [0.25, 0.3) is 5.91 Å². The van der Waals surface area contributed by atoms with Gasteiger partial charge in [-0.3, -0.25) is 9.79 Å². The van der Waals surface area contributed by atoms with Crippen molar-refractivity contribution in [3.05, 3.63) is 71.3 Å². The standard InChI is InChI=1S/C23H24N2O2/c26-22-20(15-16-7-3-1-4-8-16)24-21(23(27)25-22)19-13-11-18(12-14-19)17-9-5-2-6-10-17/h1,3-4,7-8,11-14,17,20H,2,5-6,9-10,15H2,(H,25,26,27). The summed E-state index contributed by atoms with van der Waals surface area (Å²) in [7, 11) is 0. The predicted molar refractivity (Wildman–Crippen MR) is 108 cm³/mol. The minimum absolute atomic E-state index is 0.283. The Morgan fingerprint density at radius 3 is 2.33 bits per heavy atom. The zero-order valence-electron chi connectivity index (χ0n) is 15.3. The molecule has 138 valence electrons. The van der Waals surface area contributed by atoms with Crippen molar-refractivity contribution in [1.82, 2.24) is 0 Å². The molecule has 2 aromatic rings. The minimum Gasteiger partial charge on any atom is -0.492 e. The van der Waals surface area contributed by atoms with Crippen molar-refractivity contribution in [3.63, 3.8) is 0 Å². The molecule has 2 aliphatic rings. The topological polar surface area (TPSA) is 62.0 Å². The zero-order chi connectivity index (χ0) is 18.6. The molecular formula is C23H24N2O2. The van der Waals surface area contributed by atoms with Crippen molar-refractivity contribution in [2.45, 2.75) is 50.5 Å². The lowest BCUT2D eigenvalue weighted by Gasteiger charge is -2.22. The van der Waals surface area contributed by atoms with E-state index in [-0.39, 0.29) is 11.8 Å². The molecule has 4 nitrogen and oxygen atoms in total. The fourth-order valence-electron chi connectivity index (χ4n) is 4.02. The number of aliphatic hydroxyl groups excluding tert-OH is 1. The molecule has 1 saturated carbocycles. The summed E-state index contributed by atoms with van der Waals surface area (Å²) in [5.74, 6) is -0.0376. The van der Waals surface area contributed by atoms with Crippen molar-refractivity contribution in [3.8, 4) is 0 Å². The van der Waals surface area contributed by atoms with Gasteiger partial charge in [0.05, 0.1) is 0 Å². The lowest BCUT2D eigenvalue weighted by atomic mass is 9.84. The number of rotatable bonds is 4. The number of carbonyl (C=O) groups excluding carboxylic acids is 1. The summed E-state index contributed by atoms with van der Waals surface area (Å²) >= 11 is 0. The second-order valence-electron chi connectivity index (χ2n) is 7.41. The molecular weight excluding hydrogens is 336 g/mol. The third kappa shape index (κ3) is 4.00. The third-order valence-corrected chi connectivity index (χ3v) is 5.53. The van der Waals surface area contributed by atoms with E-state index >= 15 is 0 Å². The van der Waals surface area contributed by atoms with Crippen LogP contribution in [0.25, 0.3) is 0 Å². The van der Waals surface area contributed by atoms with Gasteiger partial charge in [0.15, 0.2) is 0 Å². The first-order chi connectivity index (χ1) is 13.2. The number of carbonyl (C=O) groups is 1. The average Bonchev–Trinajstić information content (AvgIpc) is 2.72. The number of hydrogen-bond acceptors (Lipinski definition) is 2. The van der Waals surface area contributed by atoms with E-state index in [0.717, 1.165) is 11.1 Å². The molecule has 0 saturated heterocycles. The van der Waals surface area contributed by atoms with Crippen molar-refractivity contribution >= 4 is 17.5 Å². The van der Waals surface area contributed by atoms with E-state index in [1.54, 1.807) is 0 Å². The molecule has 1 amide bonds. The highest BCUT2D eigenvalue weighted by Gasteiger charge is 2.27. The molecule has 1 atom stereocenters. The molecule has 1 heterocycles. The van der Waals surface area contributed by atoms with Crippen LogP contribution in [0.2, 0.25) is 0 Å². The monoisotopic (exact) mass is 360 g/mol. The van der Waals surface area contributed by atoms with Gasteiger partial charge in [-0.25, -0.2) is 0 Å². The Morgan fingerprint density at radius 1 is 0.926 bits per heavy atom. The molecule has 27 heavy (non-hydrogen) atoms. The smallest absolute Gasteiger partial charge is 0.274 e. The van der Waals surface area contributed by atoms with Crippen LogP contribution in [0.5, 0.6) is 0 Å². The van der Waals surface area contributed by atoms with E-state index in [0.29, 0.717) is 18.1 Å². The summed E-state index contributed by atoms with van der Waals surface area (Å²) in [5, 5.41) is 10.2. The van der Waals surface area contributed by atoms with Gasteiger partial charge in [0, 0.05) is 12.0 Å². The molecule has 4 heteroatoms. The Labute approximate surface area is 159 Å². The molecule has 1 aliphatic carbocycles. The Bertz CT molecular complexity index is 863. The van der Waals surface area contributed by atoms with E-state index in [2.05, 4.69) is 22.1 Å². The quantitative estimate of drug-likeness (QED) is 0.864. The molecule has 0 radical (unpaired) electrons. The van der Waals surface area contributed by atoms with E-state index in [1.165, 1.54) is 37.7 Å². The second kappa shape index (κ2) is 7.87. The normalized spacial score (nSPS) is 20.9. The van der Waals surface area contributed by atoms with Crippen LogP contribution in [0.4, 0.5) is 0 Å². The van der Waals surface area contributed by atoms with Crippen LogP contribution in [0.1, 0.15) is 54.7 Å². The summed E-state index contributed by atoms with van der Waals surface area (Å²) in [6.45, 7) is 0. The summed E-state index contributed by atoms with van der Waals surface area (Å²) in [5.41, 5.74) is 3.60. The number of amides is 1. The molecule has 0 aromatic heterocycles. The van der Waals surface area contributed by atoms with Gasteiger partial charge in [0.2, 0.25) is 5.90 Å². The first-order valence-corrected chi connectivity index (χ1v) is 9.74. The van der Waals surface area contributed by atoms with E-state index in [1.807, 2.05) is 42.5 Å². The largest absolute Gasteiger partial charge is 0.492 e. The summed E-state index contributed by atoms with van der Waals surface area (Å²) < 4.78 is 0. The highest BCUT2D eigenvalue weighted by atomic mass is 16.3. The van der Waals surface area contributed by atoms with Crippen LogP contribution in [0.3, 0.4) is 0 Å². The van der Waals surface area contributed by atoms with Crippen LogP contribution in [0, 0.1) is 0 Å². The van der Waals surface area contributed by atoms with Gasteiger partial charge >= 0.3 is 0 Å².